The van der Waals surface area contributed by atoms with Gasteiger partial charge in [-0.3, -0.25) is 4.79 Å². The van der Waals surface area contributed by atoms with Crippen molar-refractivity contribution >= 4 is 17.5 Å². The van der Waals surface area contributed by atoms with Gasteiger partial charge in [0.1, 0.15) is 0 Å². The Balaban J connectivity index is 2.17. The molecule has 1 fully saturated rings. The summed E-state index contributed by atoms with van der Waals surface area (Å²) in [6.45, 7) is 1.01. The standard InChI is InChI=1S/C14H18ClNO3/c1-13(8-17,9-18)16-12(19)14(6-7-14)10-2-4-11(15)5-3-10/h2-5,17-18H,6-9H2,1H3,(H,16,19). The first kappa shape index (κ1) is 14.3. The van der Waals surface area contributed by atoms with E-state index in [2.05, 4.69) is 5.32 Å². The molecule has 1 aliphatic rings. The van der Waals surface area contributed by atoms with Gasteiger partial charge in [0.25, 0.3) is 0 Å². The van der Waals surface area contributed by atoms with Crippen LogP contribution in [0, 0.1) is 0 Å². The van der Waals surface area contributed by atoms with Crippen LogP contribution in [0.5, 0.6) is 0 Å². The largest absolute Gasteiger partial charge is 0.394 e. The van der Waals surface area contributed by atoms with E-state index in [1.807, 2.05) is 12.1 Å². The molecule has 0 aromatic heterocycles. The van der Waals surface area contributed by atoms with Gasteiger partial charge >= 0.3 is 0 Å². The number of aliphatic hydroxyl groups excluding tert-OH is 2. The van der Waals surface area contributed by atoms with Crippen LogP contribution in [0.25, 0.3) is 0 Å². The Hall–Kier alpha value is -1.10. The average Bonchev–Trinajstić information content (AvgIpc) is 3.21. The minimum atomic E-state index is -0.987. The number of benzene rings is 1. The topological polar surface area (TPSA) is 69.6 Å². The SMILES string of the molecule is CC(CO)(CO)NC(=O)C1(c2ccc(Cl)cc2)CC1. The number of aliphatic hydroxyl groups is 2. The molecular formula is C14H18ClNO3. The van der Waals surface area contributed by atoms with Gasteiger partial charge in [-0.15, -0.1) is 0 Å². The number of hydrogen-bond donors (Lipinski definition) is 3. The van der Waals surface area contributed by atoms with Crippen molar-refractivity contribution in [2.45, 2.75) is 30.7 Å². The maximum Gasteiger partial charge on any atom is 0.231 e. The second-order valence-corrected chi connectivity index (χ2v) is 5.86. The zero-order valence-electron chi connectivity index (χ0n) is 10.8. The average molecular weight is 284 g/mol. The molecule has 0 bridgehead atoms. The van der Waals surface area contributed by atoms with Gasteiger partial charge in [-0.25, -0.2) is 0 Å². The van der Waals surface area contributed by atoms with Gasteiger partial charge in [-0.05, 0) is 37.5 Å². The predicted octanol–water partition coefficient (Wildman–Crippen LogP) is 1.23. The second-order valence-electron chi connectivity index (χ2n) is 5.42. The summed E-state index contributed by atoms with van der Waals surface area (Å²) in [4.78, 5) is 12.4. The van der Waals surface area contributed by atoms with E-state index < -0.39 is 11.0 Å². The van der Waals surface area contributed by atoms with E-state index in [1.54, 1.807) is 19.1 Å². The molecule has 1 aromatic carbocycles. The molecule has 0 radical (unpaired) electrons. The molecule has 0 heterocycles. The van der Waals surface area contributed by atoms with Crippen LogP contribution in [-0.4, -0.2) is 34.9 Å². The van der Waals surface area contributed by atoms with E-state index in [9.17, 15) is 15.0 Å². The number of carbonyl (C=O) groups excluding carboxylic acids is 1. The second kappa shape index (κ2) is 5.12. The van der Waals surface area contributed by atoms with E-state index in [1.165, 1.54) is 0 Å². The molecule has 0 aliphatic heterocycles. The highest BCUT2D eigenvalue weighted by molar-refractivity contribution is 6.30. The Bertz CT molecular complexity index is 464. The molecule has 19 heavy (non-hydrogen) atoms. The minimum absolute atomic E-state index is 0.152. The first-order valence-corrected chi connectivity index (χ1v) is 6.64. The fourth-order valence-corrected chi connectivity index (χ4v) is 2.19. The molecule has 4 nitrogen and oxygen atoms in total. The molecule has 0 saturated heterocycles. The molecule has 2 rings (SSSR count). The van der Waals surface area contributed by atoms with E-state index >= 15 is 0 Å². The zero-order chi connectivity index (χ0) is 14.1. The van der Waals surface area contributed by atoms with Crippen molar-refractivity contribution in [3.8, 4) is 0 Å². The normalized spacial score (nSPS) is 17.1. The Labute approximate surface area is 117 Å². The molecular weight excluding hydrogens is 266 g/mol. The van der Waals surface area contributed by atoms with Crippen molar-refractivity contribution in [2.75, 3.05) is 13.2 Å². The number of rotatable bonds is 5. The van der Waals surface area contributed by atoms with Crippen LogP contribution < -0.4 is 5.32 Å². The smallest absolute Gasteiger partial charge is 0.231 e. The third-order valence-corrected chi connectivity index (χ3v) is 3.95. The number of hydrogen-bond acceptors (Lipinski definition) is 3. The molecule has 0 unspecified atom stereocenters. The van der Waals surface area contributed by atoms with Gasteiger partial charge in [-0.1, -0.05) is 23.7 Å². The number of carbonyl (C=O) groups is 1. The van der Waals surface area contributed by atoms with E-state index in [-0.39, 0.29) is 19.1 Å². The number of nitrogens with one attached hydrogen (secondary N) is 1. The van der Waals surface area contributed by atoms with Crippen LogP contribution in [0.2, 0.25) is 5.02 Å². The minimum Gasteiger partial charge on any atom is -0.394 e. The van der Waals surface area contributed by atoms with Crippen LogP contribution in [0.1, 0.15) is 25.3 Å². The summed E-state index contributed by atoms with van der Waals surface area (Å²) in [6.07, 6.45) is 1.54. The molecule has 1 saturated carbocycles. The lowest BCUT2D eigenvalue weighted by atomic mass is 9.93. The molecule has 1 aromatic rings. The van der Waals surface area contributed by atoms with Crippen molar-refractivity contribution in [1.29, 1.82) is 0 Å². The molecule has 0 spiro atoms. The monoisotopic (exact) mass is 283 g/mol. The van der Waals surface area contributed by atoms with E-state index in [0.29, 0.717) is 5.02 Å². The summed E-state index contributed by atoms with van der Waals surface area (Å²) in [6, 6.07) is 7.23. The summed E-state index contributed by atoms with van der Waals surface area (Å²) in [5.74, 6) is -0.152. The Kier molecular flexibility index (Phi) is 3.85. The highest BCUT2D eigenvalue weighted by Gasteiger charge is 2.52. The van der Waals surface area contributed by atoms with Crippen LogP contribution in [-0.2, 0) is 10.2 Å². The van der Waals surface area contributed by atoms with Crippen molar-refractivity contribution in [3.05, 3.63) is 34.9 Å². The van der Waals surface area contributed by atoms with E-state index in [4.69, 9.17) is 11.6 Å². The summed E-state index contributed by atoms with van der Waals surface area (Å²) >= 11 is 5.85. The summed E-state index contributed by atoms with van der Waals surface area (Å²) in [7, 11) is 0. The van der Waals surface area contributed by atoms with Crippen molar-refractivity contribution in [2.24, 2.45) is 0 Å². The fraction of sp³-hybridized carbons (Fsp3) is 0.500. The lowest BCUT2D eigenvalue weighted by Gasteiger charge is -2.29. The van der Waals surface area contributed by atoms with Gasteiger partial charge in [0.15, 0.2) is 0 Å². The summed E-state index contributed by atoms with van der Waals surface area (Å²) < 4.78 is 0. The molecule has 104 valence electrons. The van der Waals surface area contributed by atoms with E-state index in [0.717, 1.165) is 18.4 Å². The highest BCUT2D eigenvalue weighted by atomic mass is 35.5. The maximum absolute atomic E-state index is 12.4. The quantitative estimate of drug-likeness (QED) is 0.761. The van der Waals surface area contributed by atoms with Crippen molar-refractivity contribution in [3.63, 3.8) is 0 Å². The summed E-state index contributed by atoms with van der Waals surface area (Å²) in [5, 5.41) is 21.8. The predicted molar refractivity (Wildman–Crippen MR) is 73.1 cm³/mol. The van der Waals surface area contributed by atoms with Crippen LogP contribution >= 0.6 is 11.6 Å². The van der Waals surface area contributed by atoms with Gasteiger partial charge < -0.3 is 15.5 Å². The maximum atomic E-state index is 12.4. The van der Waals surface area contributed by atoms with Crippen LogP contribution in [0.15, 0.2) is 24.3 Å². The Morgan fingerprint density at radius 1 is 1.32 bits per heavy atom. The van der Waals surface area contributed by atoms with Gasteiger partial charge in [0.05, 0.1) is 24.2 Å². The zero-order valence-corrected chi connectivity index (χ0v) is 11.6. The van der Waals surface area contributed by atoms with Crippen LogP contribution in [0.4, 0.5) is 0 Å². The molecule has 0 atom stereocenters. The highest BCUT2D eigenvalue weighted by Crippen LogP contribution is 2.48. The van der Waals surface area contributed by atoms with Gasteiger partial charge in [0.2, 0.25) is 5.91 Å². The Morgan fingerprint density at radius 3 is 2.26 bits per heavy atom. The number of halogens is 1. The first-order chi connectivity index (χ1) is 8.96. The van der Waals surface area contributed by atoms with Gasteiger partial charge in [0, 0.05) is 5.02 Å². The number of amides is 1. The molecule has 1 amide bonds. The lowest BCUT2D eigenvalue weighted by Crippen LogP contribution is -2.54. The third kappa shape index (κ3) is 2.76. The van der Waals surface area contributed by atoms with Crippen LogP contribution in [0.3, 0.4) is 0 Å². The third-order valence-electron chi connectivity index (χ3n) is 3.69. The summed E-state index contributed by atoms with van der Waals surface area (Å²) in [5.41, 5.74) is -0.595. The van der Waals surface area contributed by atoms with Crippen molar-refractivity contribution < 1.29 is 15.0 Å². The first-order valence-electron chi connectivity index (χ1n) is 6.26. The van der Waals surface area contributed by atoms with Gasteiger partial charge in [-0.2, -0.15) is 0 Å². The van der Waals surface area contributed by atoms with Crippen molar-refractivity contribution in [1.82, 2.24) is 5.32 Å². The molecule has 3 N–H and O–H groups in total. The molecule has 5 heteroatoms. The fourth-order valence-electron chi connectivity index (χ4n) is 2.06. The lowest BCUT2D eigenvalue weighted by molar-refractivity contribution is -0.126. The Morgan fingerprint density at radius 2 is 1.84 bits per heavy atom. The molecule has 1 aliphatic carbocycles.